The van der Waals surface area contributed by atoms with Gasteiger partial charge in [0.1, 0.15) is 11.8 Å². The maximum atomic E-state index is 13.0. The van der Waals surface area contributed by atoms with Gasteiger partial charge in [0.15, 0.2) is 17.6 Å². The van der Waals surface area contributed by atoms with Crippen LogP contribution in [0, 0.1) is 5.92 Å². The van der Waals surface area contributed by atoms with Crippen LogP contribution in [0.2, 0.25) is 10.0 Å². The average Bonchev–Trinajstić information content (AvgIpc) is 2.87. The number of carbonyl (C=O) groups excluding carboxylic acids is 2. The van der Waals surface area contributed by atoms with Crippen LogP contribution < -0.4 is 25.0 Å². The Morgan fingerprint density at radius 3 is 2.47 bits per heavy atom. The monoisotopic (exact) mass is 565 g/mol. The van der Waals surface area contributed by atoms with E-state index in [0.29, 0.717) is 40.9 Å². The molecule has 0 aliphatic rings. The standard InChI is InChI=1S/C28H37Cl2N3O5/c1-6-7-8-14-37-26-20(10-9-11-25(26)36-5)17-31-33-28(35)23(15-18(2)3)32-27(34)19(4)38-24-13-12-21(29)16-22(24)30/h9-13,16-19,23H,6-8,14-15H2,1-5H3,(H,32,34)(H,33,35)/b31-17-/t19-,23-/m1/s1. The van der Waals surface area contributed by atoms with Crippen molar-refractivity contribution in [3.05, 3.63) is 52.0 Å². The molecule has 0 fully saturated rings. The van der Waals surface area contributed by atoms with E-state index in [0.717, 1.165) is 19.3 Å². The zero-order valence-corrected chi connectivity index (χ0v) is 24.1. The molecule has 0 saturated carbocycles. The summed E-state index contributed by atoms with van der Waals surface area (Å²) in [5, 5.41) is 7.61. The smallest absolute Gasteiger partial charge is 0.262 e. The highest BCUT2D eigenvalue weighted by molar-refractivity contribution is 6.35. The number of nitrogens with one attached hydrogen (secondary N) is 2. The Kier molecular flexibility index (Phi) is 13.2. The number of para-hydroxylation sites is 1. The van der Waals surface area contributed by atoms with Crippen molar-refractivity contribution in [1.29, 1.82) is 0 Å². The summed E-state index contributed by atoms with van der Waals surface area (Å²) in [4.78, 5) is 25.8. The highest BCUT2D eigenvalue weighted by atomic mass is 35.5. The van der Waals surface area contributed by atoms with Crippen molar-refractivity contribution in [2.24, 2.45) is 11.0 Å². The Balaban J connectivity index is 2.06. The fourth-order valence-corrected chi connectivity index (χ4v) is 3.98. The maximum absolute atomic E-state index is 13.0. The van der Waals surface area contributed by atoms with Crippen LogP contribution in [0.3, 0.4) is 0 Å². The summed E-state index contributed by atoms with van der Waals surface area (Å²) in [6.45, 7) is 8.17. The van der Waals surface area contributed by atoms with E-state index in [1.54, 1.807) is 32.2 Å². The molecule has 0 saturated heterocycles. The van der Waals surface area contributed by atoms with Gasteiger partial charge in [-0.05, 0) is 56.0 Å². The van der Waals surface area contributed by atoms with Crippen molar-refractivity contribution in [3.8, 4) is 17.2 Å². The lowest BCUT2D eigenvalue weighted by Crippen LogP contribution is -2.49. The number of hydrogen-bond acceptors (Lipinski definition) is 6. The molecule has 2 N–H and O–H groups in total. The molecule has 0 aromatic heterocycles. The molecular weight excluding hydrogens is 529 g/mol. The van der Waals surface area contributed by atoms with E-state index in [1.807, 2.05) is 26.0 Å². The molecule has 0 aliphatic heterocycles. The predicted octanol–water partition coefficient (Wildman–Crippen LogP) is 6.02. The Bertz CT molecular complexity index is 1090. The molecule has 0 bridgehead atoms. The normalized spacial score (nSPS) is 12.7. The molecule has 2 aromatic rings. The zero-order valence-electron chi connectivity index (χ0n) is 22.6. The van der Waals surface area contributed by atoms with Crippen LogP contribution in [0.15, 0.2) is 41.5 Å². The third-order valence-corrected chi connectivity index (χ3v) is 6.04. The topological polar surface area (TPSA) is 98.2 Å². The fourth-order valence-electron chi connectivity index (χ4n) is 3.53. The van der Waals surface area contributed by atoms with Crippen molar-refractivity contribution < 1.29 is 23.8 Å². The molecule has 0 aliphatic carbocycles. The number of rotatable bonds is 15. The third-order valence-electron chi connectivity index (χ3n) is 5.51. The molecule has 38 heavy (non-hydrogen) atoms. The van der Waals surface area contributed by atoms with Gasteiger partial charge in [-0.25, -0.2) is 5.43 Å². The number of nitrogens with zero attached hydrogens (tertiary/aromatic N) is 1. The first-order valence-electron chi connectivity index (χ1n) is 12.7. The van der Waals surface area contributed by atoms with Crippen molar-refractivity contribution >= 4 is 41.2 Å². The van der Waals surface area contributed by atoms with E-state index in [4.69, 9.17) is 37.4 Å². The van der Waals surface area contributed by atoms with Crippen molar-refractivity contribution in [3.63, 3.8) is 0 Å². The number of halogens is 2. The summed E-state index contributed by atoms with van der Waals surface area (Å²) < 4.78 is 17.1. The lowest BCUT2D eigenvalue weighted by Gasteiger charge is -2.22. The summed E-state index contributed by atoms with van der Waals surface area (Å²) in [6.07, 6.45) is 4.08. The Morgan fingerprint density at radius 1 is 1.05 bits per heavy atom. The van der Waals surface area contributed by atoms with Crippen LogP contribution in [0.4, 0.5) is 0 Å². The van der Waals surface area contributed by atoms with Crippen molar-refractivity contribution in [1.82, 2.24) is 10.7 Å². The molecular formula is C28H37Cl2N3O5. The van der Waals surface area contributed by atoms with Crippen LogP contribution in [-0.2, 0) is 9.59 Å². The van der Waals surface area contributed by atoms with Gasteiger partial charge >= 0.3 is 0 Å². The Hall–Kier alpha value is -2.97. The number of methoxy groups -OCH3 is 1. The second-order valence-electron chi connectivity index (χ2n) is 9.19. The molecule has 2 aromatic carbocycles. The molecule has 2 rings (SSSR count). The summed E-state index contributed by atoms with van der Waals surface area (Å²) in [6, 6.07) is 9.35. The quantitative estimate of drug-likeness (QED) is 0.156. The minimum Gasteiger partial charge on any atom is -0.493 e. The van der Waals surface area contributed by atoms with Gasteiger partial charge in [-0.2, -0.15) is 5.10 Å². The average molecular weight is 567 g/mol. The van der Waals surface area contributed by atoms with Crippen LogP contribution in [-0.4, -0.2) is 43.9 Å². The van der Waals surface area contributed by atoms with Crippen LogP contribution in [0.1, 0.15) is 58.9 Å². The first kappa shape index (κ1) is 31.2. The van der Waals surface area contributed by atoms with E-state index in [-0.39, 0.29) is 10.9 Å². The molecule has 2 atom stereocenters. The molecule has 0 heterocycles. The molecule has 10 heteroatoms. The van der Waals surface area contributed by atoms with E-state index in [1.165, 1.54) is 12.3 Å². The van der Waals surface area contributed by atoms with Crippen molar-refractivity contribution in [2.45, 2.75) is 65.5 Å². The van der Waals surface area contributed by atoms with Crippen molar-refractivity contribution in [2.75, 3.05) is 13.7 Å². The van der Waals surface area contributed by atoms with E-state index in [2.05, 4.69) is 22.8 Å². The maximum Gasteiger partial charge on any atom is 0.262 e. The molecule has 0 spiro atoms. The largest absolute Gasteiger partial charge is 0.493 e. The van der Waals surface area contributed by atoms with E-state index < -0.39 is 24.0 Å². The number of benzene rings is 2. The van der Waals surface area contributed by atoms with E-state index >= 15 is 0 Å². The zero-order chi connectivity index (χ0) is 28.1. The Labute approximate surface area is 235 Å². The summed E-state index contributed by atoms with van der Waals surface area (Å²) in [7, 11) is 1.57. The summed E-state index contributed by atoms with van der Waals surface area (Å²) in [5.74, 6) is 0.682. The lowest BCUT2D eigenvalue weighted by atomic mass is 10.0. The molecule has 0 radical (unpaired) electrons. The number of ether oxygens (including phenoxy) is 3. The minimum absolute atomic E-state index is 0.137. The number of amides is 2. The molecule has 8 nitrogen and oxygen atoms in total. The SMILES string of the molecule is CCCCCOc1c(/C=N\NC(=O)[C@@H](CC(C)C)NC(=O)[C@@H](C)Oc2ccc(Cl)cc2Cl)cccc1OC. The summed E-state index contributed by atoms with van der Waals surface area (Å²) in [5.41, 5.74) is 3.19. The lowest BCUT2D eigenvalue weighted by molar-refractivity contribution is -0.132. The van der Waals surface area contributed by atoms with Crippen LogP contribution in [0.25, 0.3) is 0 Å². The van der Waals surface area contributed by atoms with Gasteiger partial charge in [0.25, 0.3) is 11.8 Å². The third kappa shape index (κ3) is 10.1. The fraction of sp³-hybridized carbons (Fsp3) is 0.464. The minimum atomic E-state index is -0.899. The first-order valence-corrected chi connectivity index (χ1v) is 13.5. The molecule has 0 unspecified atom stereocenters. The first-order chi connectivity index (χ1) is 18.2. The number of carbonyl (C=O) groups is 2. The van der Waals surface area contributed by atoms with E-state index in [9.17, 15) is 9.59 Å². The number of hydrogen-bond donors (Lipinski definition) is 2. The highest BCUT2D eigenvalue weighted by Crippen LogP contribution is 2.30. The predicted molar refractivity (Wildman–Crippen MR) is 152 cm³/mol. The van der Waals surface area contributed by atoms with Gasteiger partial charge < -0.3 is 19.5 Å². The van der Waals surface area contributed by atoms with Gasteiger partial charge in [-0.3, -0.25) is 9.59 Å². The second kappa shape index (κ2) is 16.1. The van der Waals surface area contributed by atoms with Crippen LogP contribution in [0.5, 0.6) is 17.2 Å². The second-order valence-corrected chi connectivity index (χ2v) is 10.0. The number of unbranched alkanes of at least 4 members (excludes halogenated alkanes) is 2. The molecule has 2 amide bonds. The highest BCUT2D eigenvalue weighted by Gasteiger charge is 2.25. The number of hydrazone groups is 1. The van der Waals surface area contributed by atoms with Gasteiger partial charge in [0.05, 0.1) is 25.0 Å². The van der Waals surface area contributed by atoms with Gasteiger partial charge in [-0.1, -0.05) is 62.9 Å². The molecule has 208 valence electrons. The summed E-state index contributed by atoms with van der Waals surface area (Å²) >= 11 is 12.1. The Morgan fingerprint density at radius 2 is 1.82 bits per heavy atom. The van der Waals surface area contributed by atoms with Gasteiger partial charge in [0.2, 0.25) is 0 Å². The van der Waals surface area contributed by atoms with Crippen LogP contribution >= 0.6 is 23.2 Å². The van der Waals surface area contributed by atoms with Gasteiger partial charge in [-0.15, -0.1) is 0 Å². The van der Waals surface area contributed by atoms with Gasteiger partial charge in [0, 0.05) is 10.6 Å².